The third-order valence-corrected chi connectivity index (χ3v) is 4.63. The molecule has 0 spiro atoms. The summed E-state index contributed by atoms with van der Waals surface area (Å²) in [5.74, 6) is 1.40. The van der Waals surface area contributed by atoms with Crippen molar-refractivity contribution in [2.75, 3.05) is 20.7 Å². The fourth-order valence-corrected chi connectivity index (χ4v) is 3.39. The van der Waals surface area contributed by atoms with Crippen molar-refractivity contribution in [2.45, 2.75) is 26.5 Å². The number of methoxy groups -OCH3 is 1. The third-order valence-electron chi connectivity index (χ3n) is 3.73. The molecule has 0 saturated carbocycles. The van der Waals surface area contributed by atoms with Gasteiger partial charge in [-0.3, -0.25) is 4.99 Å². The molecule has 0 aliphatic rings. The van der Waals surface area contributed by atoms with E-state index in [1.165, 1.54) is 16.0 Å². The van der Waals surface area contributed by atoms with E-state index in [-0.39, 0.29) is 0 Å². The summed E-state index contributed by atoms with van der Waals surface area (Å²) in [5.41, 5.74) is 2.41. The number of hydrogen-bond donors (Lipinski definition) is 2. The van der Waals surface area contributed by atoms with E-state index in [1.807, 2.05) is 11.3 Å². The maximum Gasteiger partial charge on any atom is 0.191 e. The molecule has 1 unspecified atom stereocenters. The molecule has 24 heavy (non-hydrogen) atoms. The van der Waals surface area contributed by atoms with Crippen LogP contribution in [0.2, 0.25) is 0 Å². The van der Waals surface area contributed by atoms with Crippen LogP contribution >= 0.6 is 11.3 Å². The van der Waals surface area contributed by atoms with E-state index in [0.717, 1.165) is 25.5 Å². The molecule has 0 aliphatic heterocycles. The van der Waals surface area contributed by atoms with Crippen molar-refractivity contribution in [1.29, 1.82) is 0 Å². The molecule has 2 N–H and O–H groups in total. The smallest absolute Gasteiger partial charge is 0.191 e. The normalized spacial score (nSPS) is 12.9. The summed E-state index contributed by atoms with van der Waals surface area (Å²) in [6.07, 6.45) is 1.10. The first-order valence-electron chi connectivity index (χ1n) is 8.25. The van der Waals surface area contributed by atoms with Crippen molar-refractivity contribution in [3.05, 3.63) is 57.8 Å². The summed E-state index contributed by atoms with van der Waals surface area (Å²) < 4.78 is 5.18. The van der Waals surface area contributed by atoms with E-state index < -0.39 is 0 Å². The molecule has 0 aliphatic carbocycles. The van der Waals surface area contributed by atoms with E-state index in [2.05, 4.69) is 64.3 Å². The number of aliphatic imine (C=N–C) groups is 1. The van der Waals surface area contributed by atoms with Crippen LogP contribution in [0, 0.1) is 5.92 Å². The lowest BCUT2D eigenvalue weighted by Crippen LogP contribution is -2.39. The van der Waals surface area contributed by atoms with Gasteiger partial charge in [0, 0.05) is 32.1 Å². The lowest BCUT2D eigenvalue weighted by atomic mass is 10.1. The second-order valence-corrected chi connectivity index (χ2v) is 6.98. The van der Waals surface area contributed by atoms with Crippen molar-refractivity contribution in [3.8, 4) is 0 Å². The van der Waals surface area contributed by atoms with Gasteiger partial charge in [-0.25, -0.2) is 0 Å². The Morgan fingerprint density at radius 1 is 1.21 bits per heavy atom. The molecule has 130 valence electrons. The molecule has 0 radical (unpaired) electrons. The Bertz CT molecular complexity index is 625. The van der Waals surface area contributed by atoms with Gasteiger partial charge in [0.1, 0.15) is 0 Å². The Labute approximate surface area is 149 Å². The second kappa shape index (κ2) is 10.1. The topological polar surface area (TPSA) is 45.7 Å². The SMILES string of the molecule is CN=C(NCc1cccc(COC)c1)NCC(C)Cc1cccs1. The molecular formula is C19H27N3OS. The van der Waals surface area contributed by atoms with Gasteiger partial charge >= 0.3 is 0 Å². The largest absolute Gasteiger partial charge is 0.380 e. The van der Waals surface area contributed by atoms with Crippen molar-refractivity contribution in [2.24, 2.45) is 10.9 Å². The minimum atomic E-state index is 0.562. The minimum Gasteiger partial charge on any atom is -0.380 e. The van der Waals surface area contributed by atoms with E-state index in [0.29, 0.717) is 12.5 Å². The maximum absolute atomic E-state index is 5.18. The third kappa shape index (κ3) is 6.34. The summed E-state index contributed by atoms with van der Waals surface area (Å²) in [6.45, 7) is 4.55. The van der Waals surface area contributed by atoms with Crippen LogP contribution in [0.5, 0.6) is 0 Å². The Balaban J connectivity index is 1.76. The van der Waals surface area contributed by atoms with Gasteiger partial charge in [-0.1, -0.05) is 37.3 Å². The van der Waals surface area contributed by atoms with Crippen molar-refractivity contribution in [3.63, 3.8) is 0 Å². The van der Waals surface area contributed by atoms with E-state index in [4.69, 9.17) is 4.74 Å². The molecule has 0 fully saturated rings. The zero-order valence-corrected chi connectivity index (χ0v) is 15.5. The standard InChI is InChI=1S/C19H27N3OS/c1-15(10-18-8-5-9-24-18)12-21-19(20-2)22-13-16-6-4-7-17(11-16)14-23-3/h4-9,11,15H,10,12-14H2,1-3H3,(H2,20,21,22). The average Bonchev–Trinajstić information content (AvgIpc) is 3.08. The van der Waals surface area contributed by atoms with Crippen LogP contribution < -0.4 is 10.6 Å². The highest BCUT2D eigenvalue weighted by Crippen LogP contribution is 2.13. The summed E-state index contributed by atoms with van der Waals surface area (Å²) in [4.78, 5) is 5.74. The molecule has 0 amide bonds. The number of guanidine groups is 1. The van der Waals surface area contributed by atoms with E-state index in [1.54, 1.807) is 14.2 Å². The van der Waals surface area contributed by atoms with E-state index >= 15 is 0 Å². The fraction of sp³-hybridized carbons (Fsp3) is 0.421. The lowest BCUT2D eigenvalue weighted by molar-refractivity contribution is 0.185. The average molecular weight is 346 g/mol. The molecule has 2 rings (SSSR count). The molecule has 0 bridgehead atoms. The van der Waals surface area contributed by atoms with Crippen LogP contribution in [0.3, 0.4) is 0 Å². The Morgan fingerprint density at radius 3 is 2.75 bits per heavy atom. The minimum absolute atomic E-state index is 0.562. The Morgan fingerprint density at radius 2 is 2.04 bits per heavy atom. The predicted octanol–water partition coefficient (Wildman–Crippen LogP) is 3.44. The summed E-state index contributed by atoms with van der Waals surface area (Å²) >= 11 is 1.82. The number of ether oxygens (including phenoxy) is 1. The zero-order chi connectivity index (χ0) is 17.2. The van der Waals surface area contributed by atoms with Crippen LogP contribution in [0.15, 0.2) is 46.8 Å². The zero-order valence-electron chi connectivity index (χ0n) is 14.7. The molecule has 1 atom stereocenters. The van der Waals surface area contributed by atoms with Gasteiger partial charge in [-0.15, -0.1) is 11.3 Å². The quantitative estimate of drug-likeness (QED) is 0.569. The van der Waals surface area contributed by atoms with E-state index in [9.17, 15) is 0 Å². The maximum atomic E-state index is 5.18. The van der Waals surface area contributed by atoms with Crippen LogP contribution in [0.4, 0.5) is 0 Å². The monoisotopic (exact) mass is 345 g/mol. The molecule has 4 nitrogen and oxygen atoms in total. The van der Waals surface area contributed by atoms with Gasteiger partial charge < -0.3 is 15.4 Å². The first-order chi connectivity index (χ1) is 11.7. The van der Waals surface area contributed by atoms with Crippen LogP contribution in [-0.2, 0) is 24.3 Å². The first-order valence-corrected chi connectivity index (χ1v) is 9.13. The Hall–Kier alpha value is -1.85. The van der Waals surface area contributed by atoms with Crippen molar-refractivity contribution >= 4 is 17.3 Å². The van der Waals surface area contributed by atoms with Crippen molar-refractivity contribution < 1.29 is 4.74 Å². The van der Waals surface area contributed by atoms with Crippen LogP contribution in [0.25, 0.3) is 0 Å². The molecule has 0 saturated heterocycles. The van der Waals surface area contributed by atoms with Gasteiger partial charge in [0.25, 0.3) is 0 Å². The van der Waals surface area contributed by atoms with Gasteiger partial charge in [-0.2, -0.15) is 0 Å². The number of rotatable bonds is 8. The molecular weight excluding hydrogens is 318 g/mol. The summed E-state index contributed by atoms with van der Waals surface area (Å²) in [7, 11) is 3.52. The van der Waals surface area contributed by atoms with Gasteiger partial charge in [0.05, 0.1) is 6.61 Å². The lowest BCUT2D eigenvalue weighted by Gasteiger charge is -2.16. The molecule has 1 heterocycles. The Kier molecular flexibility index (Phi) is 7.79. The fourth-order valence-electron chi connectivity index (χ4n) is 2.52. The van der Waals surface area contributed by atoms with Gasteiger partial charge in [0.15, 0.2) is 5.96 Å². The van der Waals surface area contributed by atoms with Gasteiger partial charge in [0.2, 0.25) is 0 Å². The van der Waals surface area contributed by atoms with Gasteiger partial charge in [-0.05, 0) is 34.9 Å². The molecule has 2 aromatic rings. The number of thiophene rings is 1. The summed E-state index contributed by atoms with van der Waals surface area (Å²) in [5, 5.41) is 8.91. The van der Waals surface area contributed by atoms with Crippen LogP contribution in [0.1, 0.15) is 22.9 Å². The highest BCUT2D eigenvalue weighted by atomic mass is 32.1. The molecule has 1 aromatic heterocycles. The molecule has 1 aromatic carbocycles. The highest BCUT2D eigenvalue weighted by molar-refractivity contribution is 7.09. The number of benzene rings is 1. The second-order valence-electron chi connectivity index (χ2n) is 5.95. The predicted molar refractivity (Wildman–Crippen MR) is 103 cm³/mol. The number of nitrogens with one attached hydrogen (secondary N) is 2. The molecule has 5 heteroatoms. The summed E-state index contributed by atoms with van der Waals surface area (Å²) in [6, 6.07) is 12.7. The highest BCUT2D eigenvalue weighted by Gasteiger charge is 2.06. The number of hydrogen-bond acceptors (Lipinski definition) is 3. The number of nitrogens with zero attached hydrogens (tertiary/aromatic N) is 1. The van der Waals surface area contributed by atoms with Crippen LogP contribution in [-0.4, -0.2) is 26.7 Å². The van der Waals surface area contributed by atoms with Crippen molar-refractivity contribution in [1.82, 2.24) is 10.6 Å². The first kappa shape index (κ1) is 18.5.